The zero-order chi connectivity index (χ0) is 13.7. The molecule has 0 aromatic heterocycles. The van der Waals surface area contributed by atoms with E-state index in [2.05, 4.69) is 50.2 Å². The van der Waals surface area contributed by atoms with Gasteiger partial charge in [0.1, 0.15) is 5.75 Å². The molecule has 18 heavy (non-hydrogen) atoms. The van der Waals surface area contributed by atoms with E-state index in [0.717, 1.165) is 12.2 Å². The molecular weight excluding hydrogens is 224 g/mol. The maximum atomic E-state index is 5.51. The summed E-state index contributed by atoms with van der Waals surface area (Å²) >= 11 is 0. The van der Waals surface area contributed by atoms with Crippen LogP contribution in [0.15, 0.2) is 18.2 Å². The van der Waals surface area contributed by atoms with Crippen LogP contribution in [-0.4, -0.2) is 27.2 Å². The number of hydrogen-bond acceptors (Lipinski definition) is 3. The van der Waals surface area contributed by atoms with Crippen LogP contribution in [0.3, 0.4) is 0 Å². The molecule has 2 atom stereocenters. The zero-order valence-corrected chi connectivity index (χ0v) is 12.4. The average molecular weight is 250 g/mol. The van der Waals surface area contributed by atoms with E-state index >= 15 is 0 Å². The lowest BCUT2D eigenvalue weighted by molar-refractivity contribution is 0.403. The molecule has 0 aliphatic rings. The first-order chi connectivity index (χ1) is 8.56. The predicted octanol–water partition coefficient (Wildman–Crippen LogP) is 3.21. The molecule has 1 rings (SSSR count). The van der Waals surface area contributed by atoms with Gasteiger partial charge in [0.2, 0.25) is 0 Å². The number of nitrogens with zero attached hydrogens (tertiary/aromatic N) is 1. The van der Waals surface area contributed by atoms with Gasteiger partial charge in [-0.2, -0.15) is 0 Å². The molecule has 2 unspecified atom stereocenters. The highest BCUT2D eigenvalue weighted by atomic mass is 16.5. The number of rotatable bonds is 6. The average Bonchev–Trinajstić information content (AvgIpc) is 2.43. The van der Waals surface area contributed by atoms with Crippen LogP contribution in [0.5, 0.6) is 5.75 Å². The Morgan fingerprint density at radius 3 is 2.50 bits per heavy atom. The maximum Gasteiger partial charge on any atom is 0.125 e. The maximum absolute atomic E-state index is 5.51. The lowest BCUT2D eigenvalue weighted by atomic mass is 10.0. The quantitative estimate of drug-likeness (QED) is 0.839. The lowest BCUT2D eigenvalue weighted by Crippen LogP contribution is -2.30. The first-order valence-electron chi connectivity index (χ1n) is 6.63. The largest absolute Gasteiger partial charge is 0.496 e. The highest BCUT2D eigenvalue weighted by molar-refractivity contribution is 5.60. The fourth-order valence-corrected chi connectivity index (χ4v) is 2.11. The van der Waals surface area contributed by atoms with Gasteiger partial charge in [0.05, 0.1) is 7.11 Å². The van der Waals surface area contributed by atoms with Gasteiger partial charge >= 0.3 is 0 Å². The van der Waals surface area contributed by atoms with Crippen molar-refractivity contribution in [2.75, 3.05) is 26.1 Å². The molecule has 0 spiro atoms. The predicted molar refractivity (Wildman–Crippen MR) is 78.6 cm³/mol. The monoisotopic (exact) mass is 250 g/mol. The summed E-state index contributed by atoms with van der Waals surface area (Å²) in [6.45, 7) is 6.61. The molecule has 0 radical (unpaired) electrons. The molecule has 102 valence electrons. The van der Waals surface area contributed by atoms with Crippen molar-refractivity contribution in [3.63, 3.8) is 0 Å². The van der Waals surface area contributed by atoms with Crippen LogP contribution in [0, 0.1) is 0 Å². The second-order valence-corrected chi connectivity index (χ2v) is 4.77. The molecule has 3 heteroatoms. The second-order valence-electron chi connectivity index (χ2n) is 4.77. The smallest absolute Gasteiger partial charge is 0.125 e. The Kier molecular flexibility index (Phi) is 5.48. The summed E-state index contributed by atoms with van der Waals surface area (Å²) in [5.41, 5.74) is 2.47. The number of hydrogen-bond donors (Lipinski definition) is 1. The van der Waals surface area contributed by atoms with Crippen LogP contribution in [-0.2, 0) is 0 Å². The summed E-state index contributed by atoms with van der Waals surface area (Å²) in [6.07, 6.45) is 1.13. The summed E-state index contributed by atoms with van der Waals surface area (Å²) < 4.78 is 5.51. The third-order valence-corrected chi connectivity index (χ3v) is 3.76. The molecule has 0 amide bonds. The van der Waals surface area contributed by atoms with Gasteiger partial charge in [-0.1, -0.05) is 13.0 Å². The van der Waals surface area contributed by atoms with Crippen molar-refractivity contribution in [2.24, 2.45) is 0 Å². The molecule has 0 heterocycles. The van der Waals surface area contributed by atoms with Crippen molar-refractivity contribution in [2.45, 2.75) is 39.3 Å². The third kappa shape index (κ3) is 2.96. The van der Waals surface area contributed by atoms with Crippen molar-refractivity contribution in [1.29, 1.82) is 0 Å². The van der Waals surface area contributed by atoms with E-state index in [4.69, 9.17) is 4.74 Å². The fourth-order valence-electron chi connectivity index (χ4n) is 2.11. The van der Waals surface area contributed by atoms with E-state index in [1.807, 2.05) is 13.1 Å². The number of ether oxygens (including phenoxy) is 1. The Labute approximate surface area is 111 Å². The molecular formula is C15H26N2O. The lowest BCUT2D eigenvalue weighted by Gasteiger charge is -2.30. The Hall–Kier alpha value is -1.22. The third-order valence-electron chi connectivity index (χ3n) is 3.76. The Morgan fingerprint density at radius 1 is 1.33 bits per heavy atom. The van der Waals surface area contributed by atoms with Crippen LogP contribution >= 0.6 is 0 Å². The van der Waals surface area contributed by atoms with E-state index in [9.17, 15) is 0 Å². The molecule has 0 saturated heterocycles. The van der Waals surface area contributed by atoms with Gasteiger partial charge in [-0.05, 0) is 39.4 Å². The van der Waals surface area contributed by atoms with E-state index in [-0.39, 0.29) is 6.04 Å². The van der Waals surface area contributed by atoms with Crippen molar-refractivity contribution < 1.29 is 4.74 Å². The minimum atomic E-state index is 0.266. The first-order valence-corrected chi connectivity index (χ1v) is 6.63. The van der Waals surface area contributed by atoms with Crippen LogP contribution in [0.25, 0.3) is 0 Å². The zero-order valence-electron chi connectivity index (χ0n) is 12.4. The molecule has 0 aliphatic carbocycles. The van der Waals surface area contributed by atoms with Crippen LogP contribution in [0.4, 0.5) is 5.69 Å². The second kappa shape index (κ2) is 6.64. The fraction of sp³-hybridized carbons (Fsp3) is 0.600. The Morgan fingerprint density at radius 2 is 2.00 bits per heavy atom. The van der Waals surface area contributed by atoms with E-state index < -0.39 is 0 Å². The molecule has 3 nitrogen and oxygen atoms in total. The molecule has 0 saturated carbocycles. The van der Waals surface area contributed by atoms with Gasteiger partial charge in [-0.25, -0.2) is 0 Å². The Balaban J connectivity index is 3.25. The van der Waals surface area contributed by atoms with Gasteiger partial charge in [0.15, 0.2) is 0 Å². The van der Waals surface area contributed by atoms with E-state index in [0.29, 0.717) is 6.04 Å². The number of nitrogens with one attached hydrogen (secondary N) is 1. The summed E-state index contributed by atoms with van der Waals surface area (Å²) in [5.74, 6) is 0.949. The van der Waals surface area contributed by atoms with Crippen LogP contribution < -0.4 is 15.0 Å². The van der Waals surface area contributed by atoms with Crippen LogP contribution in [0.1, 0.15) is 38.8 Å². The van der Waals surface area contributed by atoms with E-state index in [1.165, 1.54) is 11.3 Å². The number of anilines is 1. The summed E-state index contributed by atoms with van der Waals surface area (Å²) in [5, 5.41) is 3.30. The molecule has 1 N–H and O–H groups in total. The summed E-state index contributed by atoms with van der Waals surface area (Å²) in [4.78, 5) is 2.33. The molecule has 0 bridgehead atoms. The molecule has 1 aromatic rings. The minimum Gasteiger partial charge on any atom is -0.496 e. The minimum absolute atomic E-state index is 0.266. The SMILES string of the molecule is CCC(C)N(C)c1cccc(OC)c1C(C)NC. The highest BCUT2D eigenvalue weighted by Crippen LogP contribution is 2.34. The molecule has 1 aromatic carbocycles. The van der Waals surface area contributed by atoms with Crippen molar-refractivity contribution in [3.05, 3.63) is 23.8 Å². The van der Waals surface area contributed by atoms with E-state index in [1.54, 1.807) is 7.11 Å². The normalized spacial score (nSPS) is 14.1. The standard InChI is InChI=1S/C15H26N2O/c1-7-11(2)17(5)13-9-8-10-14(18-6)15(13)12(3)16-4/h8-12,16H,7H2,1-6H3. The Bertz CT molecular complexity index is 379. The van der Waals surface area contributed by atoms with Gasteiger partial charge in [-0.15, -0.1) is 0 Å². The van der Waals surface area contributed by atoms with Crippen molar-refractivity contribution >= 4 is 5.69 Å². The topological polar surface area (TPSA) is 24.5 Å². The van der Waals surface area contributed by atoms with Crippen LogP contribution in [0.2, 0.25) is 0 Å². The molecule has 0 aliphatic heterocycles. The number of benzene rings is 1. The van der Waals surface area contributed by atoms with Gasteiger partial charge in [0, 0.05) is 30.4 Å². The number of methoxy groups -OCH3 is 1. The molecule has 0 fully saturated rings. The first kappa shape index (κ1) is 14.8. The van der Waals surface area contributed by atoms with Crippen molar-refractivity contribution in [1.82, 2.24) is 5.32 Å². The van der Waals surface area contributed by atoms with Gasteiger partial charge in [0.25, 0.3) is 0 Å². The van der Waals surface area contributed by atoms with Crippen molar-refractivity contribution in [3.8, 4) is 5.75 Å². The summed E-state index contributed by atoms with van der Waals surface area (Å²) in [6, 6.07) is 7.02. The highest BCUT2D eigenvalue weighted by Gasteiger charge is 2.19. The summed E-state index contributed by atoms with van der Waals surface area (Å²) in [7, 11) is 5.85. The van der Waals surface area contributed by atoms with Gasteiger partial charge < -0.3 is 15.0 Å². The van der Waals surface area contributed by atoms with Gasteiger partial charge in [-0.3, -0.25) is 0 Å².